The number of unbranched alkanes of at least 4 members (excludes halogenated alkanes) is 7. The van der Waals surface area contributed by atoms with Crippen LogP contribution in [-0.2, 0) is 6.42 Å². The van der Waals surface area contributed by atoms with Crippen LogP contribution in [0.25, 0.3) is 0 Å². The fourth-order valence-corrected chi connectivity index (χ4v) is 2.55. The number of nitrogens with zero attached hydrogens (tertiary/aromatic N) is 2. The third kappa shape index (κ3) is 6.22. The van der Waals surface area contributed by atoms with Gasteiger partial charge in [-0.3, -0.25) is 20.2 Å². The van der Waals surface area contributed by atoms with Crippen molar-refractivity contribution in [2.75, 3.05) is 0 Å². The van der Waals surface area contributed by atoms with Crippen molar-refractivity contribution in [2.45, 2.75) is 64.7 Å². The van der Waals surface area contributed by atoms with Crippen molar-refractivity contribution in [1.82, 2.24) is 0 Å². The minimum atomic E-state index is -0.875. The van der Waals surface area contributed by atoms with E-state index in [4.69, 9.17) is 0 Å². The highest BCUT2D eigenvalue weighted by Gasteiger charge is 2.25. The van der Waals surface area contributed by atoms with Gasteiger partial charge in [0.25, 0.3) is 5.75 Å². The van der Waals surface area contributed by atoms with Gasteiger partial charge in [0.1, 0.15) is 0 Å². The number of aromatic hydroxyl groups is 1. The average molecular weight is 324 g/mol. The Morgan fingerprint density at radius 1 is 0.870 bits per heavy atom. The zero-order valence-electron chi connectivity index (χ0n) is 13.5. The average Bonchev–Trinajstić information content (AvgIpc) is 2.50. The van der Waals surface area contributed by atoms with E-state index in [9.17, 15) is 25.3 Å². The molecule has 0 atom stereocenters. The van der Waals surface area contributed by atoms with Gasteiger partial charge in [0, 0.05) is 12.1 Å². The first kappa shape index (κ1) is 18.9. The van der Waals surface area contributed by atoms with Gasteiger partial charge in [-0.15, -0.1) is 0 Å². The second-order valence-electron chi connectivity index (χ2n) is 5.72. The number of hydrogen-bond acceptors (Lipinski definition) is 5. The van der Waals surface area contributed by atoms with Crippen LogP contribution >= 0.6 is 0 Å². The minimum absolute atomic E-state index is 0.521. The van der Waals surface area contributed by atoms with Crippen LogP contribution in [-0.4, -0.2) is 15.0 Å². The van der Waals surface area contributed by atoms with Gasteiger partial charge in [-0.2, -0.15) is 0 Å². The molecule has 1 aromatic rings. The summed E-state index contributed by atoms with van der Waals surface area (Å²) >= 11 is 0. The van der Waals surface area contributed by atoms with E-state index in [-0.39, 0.29) is 0 Å². The molecule has 1 N–H and O–H groups in total. The Labute approximate surface area is 135 Å². The summed E-state index contributed by atoms with van der Waals surface area (Å²) in [5.41, 5.74) is -0.685. The summed E-state index contributed by atoms with van der Waals surface area (Å²) in [5, 5.41) is 31.3. The molecule has 0 aliphatic heterocycles. The molecule has 23 heavy (non-hydrogen) atoms. The van der Waals surface area contributed by atoms with Crippen molar-refractivity contribution in [3.05, 3.63) is 37.9 Å². The lowest BCUT2D eigenvalue weighted by Gasteiger charge is -2.04. The predicted molar refractivity (Wildman–Crippen MR) is 87.7 cm³/mol. The molecule has 1 rings (SSSR count). The first-order valence-corrected chi connectivity index (χ1v) is 8.12. The number of benzene rings is 1. The van der Waals surface area contributed by atoms with E-state index in [0.717, 1.165) is 19.3 Å². The van der Waals surface area contributed by atoms with Crippen molar-refractivity contribution in [3.63, 3.8) is 0 Å². The number of nitro benzene ring substituents is 2. The molecule has 0 fully saturated rings. The predicted octanol–water partition coefficient (Wildman–Crippen LogP) is 4.89. The van der Waals surface area contributed by atoms with Gasteiger partial charge in [0.2, 0.25) is 0 Å². The summed E-state index contributed by atoms with van der Waals surface area (Å²) < 4.78 is 0. The first-order valence-electron chi connectivity index (χ1n) is 8.12. The van der Waals surface area contributed by atoms with Crippen molar-refractivity contribution in [2.24, 2.45) is 0 Å². The highest BCUT2D eigenvalue weighted by molar-refractivity contribution is 5.61. The standard InChI is InChI=1S/C16H24N2O5/c1-2-3-4-5-6-7-8-9-10-13-11-14(17(20)21)16(19)15(12-13)18(22)23/h11-12,19H,2-10H2,1H3. The minimum Gasteiger partial charge on any atom is -0.497 e. The van der Waals surface area contributed by atoms with Crippen LogP contribution in [0.2, 0.25) is 0 Å². The zero-order chi connectivity index (χ0) is 17.2. The number of nitro groups is 2. The Hall–Kier alpha value is -2.18. The molecule has 0 aliphatic rings. The van der Waals surface area contributed by atoms with Crippen LogP contribution in [0.1, 0.15) is 63.9 Å². The SMILES string of the molecule is CCCCCCCCCCc1cc([N+](=O)[O-])c(O)c([N+](=O)[O-])c1. The summed E-state index contributed by atoms with van der Waals surface area (Å²) in [6.45, 7) is 2.18. The zero-order valence-corrected chi connectivity index (χ0v) is 13.5. The van der Waals surface area contributed by atoms with E-state index in [1.807, 2.05) is 0 Å². The van der Waals surface area contributed by atoms with E-state index in [1.54, 1.807) is 0 Å². The van der Waals surface area contributed by atoms with E-state index in [2.05, 4.69) is 6.92 Å². The molecule has 0 unspecified atom stereocenters. The lowest BCUT2D eigenvalue weighted by atomic mass is 10.0. The molecule has 0 aromatic heterocycles. The summed E-state index contributed by atoms with van der Waals surface area (Å²) in [6.07, 6.45) is 9.61. The molecular formula is C16H24N2O5. The molecule has 7 heteroatoms. The fourth-order valence-electron chi connectivity index (χ4n) is 2.55. The van der Waals surface area contributed by atoms with Crippen LogP contribution in [0, 0.1) is 20.2 Å². The van der Waals surface area contributed by atoms with E-state index in [0.29, 0.717) is 12.0 Å². The van der Waals surface area contributed by atoms with Crippen molar-refractivity contribution >= 4 is 11.4 Å². The van der Waals surface area contributed by atoms with Crippen LogP contribution in [0.5, 0.6) is 5.75 Å². The molecule has 128 valence electrons. The molecule has 7 nitrogen and oxygen atoms in total. The quantitative estimate of drug-likeness (QED) is 0.354. The number of phenols is 1. The Morgan fingerprint density at radius 2 is 1.30 bits per heavy atom. The van der Waals surface area contributed by atoms with Gasteiger partial charge in [-0.05, 0) is 18.4 Å². The lowest BCUT2D eigenvalue weighted by molar-refractivity contribution is -0.396. The fraction of sp³-hybridized carbons (Fsp3) is 0.625. The molecule has 0 heterocycles. The Balaban J connectivity index is 2.53. The van der Waals surface area contributed by atoms with Crippen LogP contribution in [0.15, 0.2) is 12.1 Å². The molecule has 0 saturated carbocycles. The third-order valence-electron chi connectivity index (χ3n) is 3.84. The molecule has 0 saturated heterocycles. The van der Waals surface area contributed by atoms with Gasteiger partial charge in [-0.25, -0.2) is 0 Å². The van der Waals surface area contributed by atoms with Crippen LogP contribution in [0.3, 0.4) is 0 Å². The van der Waals surface area contributed by atoms with E-state index in [1.165, 1.54) is 44.2 Å². The van der Waals surface area contributed by atoms with E-state index < -0.39 is 27.0 Å². The second kappa shape index (κ2) is 9.76. The number of rotatable bonds is 11. The summed E-state index contributed by atoms with van der Waals surface area (Å²) in [5.74, 6) is -0.875. The summed E-state index contributed by atoms with van der Waals surface area (Å²) in [6, 6.07) is 2.45. The maximum atomic E-state index is 10.9. The third-order valence-corrected chi connectivity index (χ3v) is 3.84. The highest BCUT2D eigenvalue weighted by Crippen LogP contribution is 2.37. The Kier molecular flexibility index (Phi) is 8.01. The van der Waals surface area contributed by atoms with Gasteiger partial charge in [-0.1, -0.05) is 51.9 Å². The number of hydrogen-bond donors (Lipinski definition) is 1. The first-order chi connectivity index (χ1) is 11.0. The van der Waals surface area contributed by atoms with Gasteiger partial charge in [0.15, 0.2) is 0 Å². The molecule has 0 radical (unpaired) electrons. The lowest BCUT2D eigenvalue weighted by Crippen LogP contribution is -1.97. The molecule has 0 aliphatic carbocycles. The molecule has 0 bridgehead atoms. The monoisotopic (exact) mass is 324 g/mol. The van der Waals surface area contributed by atoms with E-state index >= 15 is 0 Å². The molecular weight excluding hydrogens is 300 g/mol. The largest absolute Gasteiger partial charge is 0.497 e. The topological polar surface area (TPSA) is 107 Å². The Bertz CT molecular complexity index is 510. The van der Waals surface area contributed by atoms with Crippen molar-refractivity contribution in [3.8, 4) is 5.75 Å². The summed E-state index contributed by atoms with van der Waals surface area (Å²) in [7, 11) is 0. The van der Waals surface area contributed by atoms with Crippen LogP contribution < -0.4 is 0 Å². The van der Waals surface area contributed by atoms with Gasteiger partial charge >= 0.3 is 11.4 Å². The highest BCUT2D eigenvalue weighted by atomic mass is 16.6. The molecule has 0 spiro atoms. The van der Waals surface area contributed by atoms with Gasteiger partial charge in [0.05, 0.1) is 9.85 Å². The van der Waals surface area contributed by atoms with Gasteiger partial charge < -0.3 is 5.11 Å². The van der Waals surface area contributed by atoms with Crippen molar-refractivity contribution < 1.29 is 15.0 Å². The van der Waals surface area contributed by atoms with Crippen LogP contribution in [0.4, 0.5) is 11.4 Å². The number of aryl methyl sites for hydroxylation is 1. The summed E-state index contributed by atoms with van der Waals surface area (Å²) in [4.78, 5) is 20.2. The number of phenolic OH excluding ortho intramolecular Hbond substituents is 1. The smallest absolute Gasteiger partial charge is 0.318 e. The maximum Gasteiger partial charge on any atom is 0.318 e. The normalized spacial score (nSPS) is 10.7. The Morgan fingerprint density at radius 3 is 1.74 bits per heavy atom. The molecule has 1 aromatic carbocycles. The van der Waals surface area contributed by atoms with Crippen molar-refractivity contribution in [1.29, 1.82) is 0 Å². The molecule has 0 amide bonds. The maximum absolute atomic E-state index is 10.9. The second-order valence-corrected chi connectivity index (χ2v) is 5.72.